The Morgan fingerprint density at radius 1 is 1.42 bits per heavy atom. The average molecular weight is 273 g/mol. The van der Waals surface area contributed by atoms with Gasteiger partial charge in [0.25, 0.3) is 0 Å². The minimum absolute atomic E-state index is 0.0341. The van der Waals surface area contributed by atoms with Crippen molar-refractivity contribution in [2.45, 2.75) is 57.6 Å². The van der Waals surface area contributed by atoms with Gasteiger partial charge in [-0.3, -0.25) is 4.79 Å². The molecule has 1 unspecified atom stereocenters. The second-order valence-electron chi connectivity index (χ2n) is 5.42. The van der Waals surface area contributed by atoms with Gasteiger partial charge >= 0.3 is 5.97 Å². The summed E-state index contributed by atoms with van der Waals surface area (Å²) in [5, 5.41) is 22.7. The van der Waals surface area contributed by atoms with E-state index in [2.05, 4.69) is 5.32 Å². The summed E-state index contributed by atoms with van der Waals surface area (Å²) in [6.07, 6.45) is 3.38. The van der Waals surface area contributed by atoms with Crippen LogP contribution in [0.4, 0.5) is 0 Å². The van der Waals surface area contributed by atoms with Gasteiger partial charge in [0.1, 0.15) is 0 Å². The monoisotopic (exact) mass is 273 g/mol. The van der Waals surface area contributed by atoms with Crippen LogP contribution in [0.15, 0.2) is 0 Å². The number of hydrogen-bond donors (Lipinski definition) is 3. The van der Waals surface area contributed by atoms with Crippen LogP contribution in [0.25, 0.3) is 0 Å². The van der Waals surface area contributed by atoms with Crippen LogP contribution in [-0.4, -0.2) is 47.6 Å². The van der Waals surface area contributed by atoms with Crippen molar-refractivity contribution in [3.8, 4) is 0 Å². The second-order valence-corrected chi connectivity index (χ2v) is 5.42. The molecule has 0 heterocycles. The fourth-order valence-electron chi connectivity index (χ4n) is 2.50. The highest BCUT2D eigenvalue weighted by molar-refractivity contribution is 5.72. The highest BCUT2D eigenvalue weighted by Crippen LogP contribution is 2.32. The van der Waals surface area contributed by atoms with E-state index in [0.717, 1.165) is 6.42 Å². The molecule has 19 heavy (non-hydrogen) atoms. The van der Waals surface area contributed by atoms with Gasteiger partial charge in [0.15, 0.2) is 0 Å². The number of hydrogen-bond acceptors (Lipinski definition) is 5. The van der Waals surface area contributed by atoms with E-state index in [0.29, 0.717) is 38.8 Å². The van der Waals surface area contributed by atoms with E-state index >= 15 is 0 Å². The first-order valence-corrected chi connectivity index (χ1v) is 7.28. The fraction of sp³-hybridized carbons (Fsp3) is 0.929. The lowest BCUT2D eigenvalue weighted by molar-refractivity contribution is -0.151. The van der Waals surface area contributed by atoms with Crippen molar-refractivity contribution in [2.75, 3.05) is 19.8 Å². The van der Waals surface area contributed by atoms with E-state index in [9.17, 15) is 9.90 Å². The predicted molar refractivity (Wildman–Crippen MR) is 72.7 cm³/mol. The number of carbonyl (C=O) groups excluding carboxylic acids is 1. The van der Waals surface area contributed by atoms with Gasteiger partial charge < -0.3 is 20.3 Å². The molecule has 5 nitrogen and oxygen atoms in total. The summed E-state index contributed by atoms with van der Waals surface area (Å²) in [5.41, 5.74) is -0.758. The molecule has 0 spiro atoms. The summed E-state index contributed by atoms with van der Waals surface area (Å²) in [5.74, 6) is -0.209. The summed E-state index contributed by atoms with van der Waals surface area (Å²) >= 11 is 0. The maximum absolute atomic E-state index is 11.6. The molecule has 0 aliphatic heterocycles. The third-order valence-electron chi connectivity index (χ3n) is 3.97. The SMILES string of the molecule is CCOC(=O)C1CCC(O)(CNC(CC)CO)CC1. The highest BCUT2D eigenvalue weighted by atomic mass is 16.5. The van der Waals surface area contributed by atoms with Gasteiger partial charge in [0.2, 0.25) is 0 Å². The third kappa shape index (κ3) is 5.09. The topological polar surface area (TPSA) is 78.8 Å². The standard InChI is InChI=1S/C14H27NO4/c1-3-12(9-16)15-10-14(18)7-5-11(6-8-14)13(17)19-4-2/h11-12,15-16,18H,3-10H2,1-2H3. The smallest absolute Gasteiger partial charge is 0.308 e. The summed E-state index contributed by atoms with van der Waals surface area (Å²) in [4.78, 5) is 11.6. The highest BCUT2D eigenvalue weighted by Gasteiger charge is 2.36. The Bertz CT molecular complexity index is 271. The molecule has 1 aliphatic carbocycles. The molecule has 0 bridgehead atoms. The Morgan fingerprint density at radius 3 is 2.53 bits per heavy atom. The Hall–Kier alpha value is -0.650. The van der Waals surface area contributed by atoms with Crippen molar-refractivity contribution in [1.82, 2.24) is 5.32 Å². The lowest BCUT2D eigenvalue weighted by atomic mass is 9.78. The molecule has 1 rings (SSSR count). The van der Waals surface area contributed by atoms with Crippen LogP contribution in [0, 0.1) is 5.92 Å². The number of rotatable bonds is 7. The van der Waals surface area contributed by atoms with Crippen molar-refractivity contribution in [1.29, 1.82) is 0 Å². The molecule has 0 radical (unpaired) electrons. The van der Waals surface area contributed by atoms with Crippen molar-refractivity contribution in [3.63, 3.8) is 0 Å². The molecule has 0 aromatic rings. The van der Waals surface area contributed by atoms with Gasteiger partial charge in [-0.15, -0.1) is 0 Å². The van der Waals surface area contributed by atoms with Crippen LogP contribution in [-0.2, 0) is 9.53 Å². The number of esters is 1. The Kier molecular flexibility index (Phi) is 6.75. The first-order valence-electron chi connectivity index (χ1n) is 7.28. The van der Waals surface area contributed by atoms with E-state index in [1.807, 2.05) is 6.92 Å². The molecule has 1 saturated carbocycles. The van der Waals surface area contributed by atoms with Crippen molar-refractivity contribution in [2.24, 2.45) is 5.92 Å². The van der Waals surface area contributed by atoms with Gasteiger partial charge in [-0.25, -0.2) is 0 Å². The predicted octanol–water partition coefficient (Wildman–Crippen LogP) is 0.831. The van der Waals surface area contributed by atoms with E-state index in [4.69, 9.17) is 9.84 Å². The normalized spacial score (nSPS) is 28.9. The zero-order valence-electron chi connectivity index (χ0n) is 12.0. The Balaban J connectivity index is 2.36. The summed E-state index contributed by atoms with van der Waals surface area (Å²) in [6, 6.07) is 0.0341. The minimum Gasteiger partial charge on any atom is -0.466 e. The van der Waals surface area contributed by atoms with Crippen LogP contribution >= 0.6 is 0 Å². The number of carbonyl (C=O) groups is 1. The Labute approximate surface area is 115 Å². The molecule has 3 N–H and O–H groups in total. The molecule has 112 valence electrons. The van der Waals surface area contributed by atoms with Crippen LogP contribution in [0.3, 0.4) is 0 Å². The first-order chi connectivity index (χ1) is 9.04. The maximum atomic E-state index is 11.6. The molecule has 0 saturated heterocycles. The molecule has 0 amide bonds. The van der Waals surface area contributed by atoms with Crippen LogP contribution < -0.4 is 5.32 Å². The molecule has 1 fully saturated rings. The summed E-state index contributed by atoms with van der Waals surface area (Å²) in [6.45, 7) is 4.77. The molecule has 0 aromatic carbocycles. The quantitative estimate of drug-likeness (QED) is 0.599. The molecule has 1 atom stereocenters. The van der Waals surface area contributed by atoms with Gasteiger partial charge in [0.05, 0.1) is 24.7 Å². The van der Waals surface area contributed by atoms with Gasteiger partial charge in [-0.1, -0.05) is 6.92 Å². The van der Waals surface area contributed by atoms with E-state index in [1.165, 1.54) is 0 Å². The van der Waals surface area contributed by atoms with Crippen molar-refractivity contribution < 1.29 is 19.7 Å². The zero-order valence-corrected chi connectivity index (χ0v) is 12.0. The second kappa shape index (κ2) is 7.82. The molecular weight excluding hydrogens is 246 g/mol. The third-order valence-corrected chi connectivity index (χ3v) is 3.97. The maximum Gasteiger partial charge on any atom is 0.308 e. The largest absolute Gasteiger partial charge is 0.466 e. The van der Waals surface area contributed by atoms with Gasteiger partial charge in [-0.05, 0) is 39.0 Å². The number of aliphatic hydroxyl groups is 2. The summed E-state index contributed by atoms with van der Waals surface area (Å²) < 4.78 is 5.01. The molecule has 0 aromatic heterocycles. The lowest BCUT2D eigenvalue weighted by Crippen LogP contribution is -2.48. The zero-order chi connectivity index (χ0) is 14.3. The van der Waals surface area contributed by atoms with Gasteiger partial charge in [0, 0.05) is 12.6 Å². The first kappa shape index (κ1) is 16.4. The average Bonchev–Trinajstić information content (AvgIpc) is 2.41. The fourth-order valence-corrected chi connectivity index (χ4v) is 2.50. The van der Waals surface area contributed by atoms with Crippen molar-refractivity contribution in [3.05, 3.63) is 0 Å². The Morgan fingerprint density at radius 2 is 2.05 bits per heavy atom. The van der Waals surface area contributed by atoms with Crippen LogP contribution in [0.2, 0.25) is 0 Å². The molecule has 5 heteroatoms. The number of ether oxygens (including phenoxy) is 1. The summed E-state index contributed by atoms with van der Waals surface area (Å²) in [7, 11) is 0. The van der Waals surface area contributed by atoms with E-state index < -0.39 is 5.60 Å². The van der Waals surface area contributed by atoms with Crippen LogP contribution in [0.1, 0.15) is 46.0 Å². The van der Waals surface area contributed by atoms with Crippen molar-refractivity contribution >= 4 is 5.97 Å². The molecule has 1 aliphatic rings. The number of nitrogens with one attached hydrogen (secondary N) is 1. The molecular formula is C14H27NO4. The lowest BCUT2D eigenvalue weighted by Gasteiger charge is -2.36. The minimum atomic E-state index is -0.758. The van der Waals surface area contributed by atoms with E-state index in [1.54, 1.807) is 6.92 Å². The van der Waals surface area contributed by atoms with E-state index in [-0.39, 0.29) is 24.5 Å². The number of aliphatic hydroxyl groups excluding tert-OH is 1. The van der Waals surface area contributed by atoms with Gasteiger partial charge in [-0.2, -0.15) is 0 Å². The van der Waals surface area contributed by atoms with Crippen LogP contribution in [0.5, 0.6) is 0 Å².